The Balaban J connectivity index is 1.28. The number of aromatic nitrogens is 1. The summed E-state index contributed by atoms with van der Waals surface area (Å²) >= 11 is 0. The van der Waals surface area contributed by atoms with Gasteiger partial charge in [-0.15, -0.1) is 0 Å². The highest BCUT2D eigenvalue weighted by molar-refractivity contribution is 6.46. The molecule has 4 rings (SSSR count). The van der Waals surface area contributed by atoms with E-state index in [1.165, 1.54) is 18.2 Å². The van der Waals surface area contributed by atoms with E-state index in [0.29, 0.717) is 31.9 Å². The van der Waals surface area contributed by atoms with E-state index in [1.54, 1.807) is 41.4 Å². The zero-order chi connectivity index (χ0) is 26.4. The fraction of sp³-hybridized carbons (Fsp3) is 0.214. The predicted molar refractivity (Wildman–Crippen MR) is 145 cm³/mol. The third-order valence-electron chi connectivity index (χ3n) is 6.33. The van der Waals surface area contributed by atoms with Crippen LogP contribution in [0.2, 0.25) is 0 Å². The van der Waals surface area contributed by atoms with Crippen LogP contribution in [-0.2, 0) is 4.79 Å². The number of hydrogen-bond donors (Lipinski definition) is 3. The Hall–Kier alpha value is -4.53. The predicted octanol–water partition coefficient (Wildman–Crippen LogP) is 4.86. The van der Waals surface area contributed by atoms with Crippen LogP contribution in [0.25, 0.3) is 6.08 Å². The Morgan fingerprint density at radius 2 is 1.73 bits per heavy atom. The van der Waals surface area contributed by atoms with E-state index in [9.17, 15) is 14.0 Å². The number of anilines is 3. The average molecular weight is 501 g/mol. The summed E-state index contributed by atoms with van der Waals surface area (Å²) in [7, 11) is 0. The number of pyridine rings is 1. The van der Waals surface area contributed by atoms with E-state index >= 15 is 0 Å². The van der Waals surface area contributed by atoms with Crippen LogP contribution in [0.3, 0.4) is 0 Å². The molecule has 0 bridgehead atoms. The number of halogens is 1. The third-order valence-corrected chi connectivity index (χ3v) is 6.33. The molecule has 3 aromatic rings. The maximum atomic E-state index is 13.8. The molecule has 37 heavy (non-hydrogen) atoms. The lowest BCUT2D eigenvalue weighted by molar-refractivity contribution is -0.110. The summed E-state index contributed by atoms with van der Waals surface area (Å²) in [5.41, 5.74) is 3.71. The molecule has 0 unspecified atom stereocenters. The minimum atomic E-state index is -0.523. The zero-order valence-electron chi connectivity index (χ0n) is 20.8. The van der Waals surface area contributed by atoms with Gasteiger partial charge in [-0.3, -0.25) is 10.2 Å². The molecule has 2 heterocycles. The molecule has 2 aromatic carbocycles. The zero-order valence-corrected chi connectivity index (χ0v) is 20.8. The van der Waals surface area contributed by atoms with E-state index in [-0.39, 0.29) is 17.4 Å². The van der Waals surface area contributed by atoms with E-state index in [2.05, 4.69) is 15.6 Å². The maximum absolute atomic E-state index is 13.8. The second-order valence-corrected chi connectivity index (χ2v) is 8.78. The van der Waals surface area contributed by atoms with Crippen molar-refractivity contribution in [3.05, 3.63) is 89.4 Å². The molecule has 3 amide bonds. The molecule has 0 spiro atoms. The smallest absolute Gasteiger partial charge is 0.322 e. The molecule has 1 aliphatic heterocycles. The number of piperazine rings is 1. The summed E-state index contributed by atoms with van der Waals surface area (Å²) in [6, 6.07) is 15.2. The van der Waals surface area contributed by atoms with Gasteiger partial charge >= 0.3 is 6.03 Å². The molecule has 0 saturated carbocycles. The van der Waals surface area contributed by atoms with Crippen molar-refractivity contribution < 1.29 is 14.0 Å². The van der Waals surface area contributed by atoms with Crippen LogP contribution in [0.15, 0.2) is 66.9 Å². The lowest BCUT2D eigenvalue weighted by Crippen LogP contribution is -2.50. The first-order valence-electron chi connectivity index (χ1n) is 12.0. The number of rotatable bonds is 6. The van der Waals surface area contributed by atoms with Crippen LogP contribution in [0, 0.1) is 25.1 Å². The van der Waals surface area contributed by atoms with Gasteiger partial charge in [-0.2, -0.15) is 0 Å². The van der Waals surface area contributed by atoms with E-state index in [4.69, 9.17) is 5.41 Å². The van der Waals surface area contributed by atoms with Gasteiger partial charge in [0.15, 0.2) is 0 Å². The molecule has 3 N–H and O–H groups in total. The summed E-state index contributed by atoms with van der Waals surface area (Å²) in [6.07, 6.45) is 4.80. The quantitative estimate of drug-likeness (QED) is 0.421. The van der Waals surface area contributed by atoms with Crippen molar-refractivity contribution in [2.75, 3.05) is 41.7 Å². The first kappa shape index (κ1) is 25.6. The Morgan fingerprint density at radius 1 is 0.973 bits per heavy atom. The number of hydrogen-bond acceptors (Lipinski definition) is 5. The maximum Gasteiger partial charge on any atom is 0.322 e. The van der Waals surface area contributed by atoms with Crippen LogP contribution in [0.1, 0.15) is 16.7 Å². The molecule has 1 fully saturated rings. The second kappa shape index (κ2) is 11.5. The van der Waals surface area contributed by atoms with Crippen molar-refractivity contribution in [1.82, 2.24) is 9.88 Å². The van der Waals surface area contributed by atoms with Gasteiger partial charge in [0.25, 0.3) is 5.91 Å². The van der Waals surface area contributed by atoms with Gasteiger partial charge in [-0.05, 0) is 60.9 Å². The molecule has 1 aliphatic rings. The molecule has 1 saturated heterocycles. The van der Waals surface area contributed by atoms with Crippen LogP contribution >= 0.6 is 0 Å². The minimum absolute atomic E-state index is 0.156. The Kier molecular flexibility index (Phi) is 7.92. The molecular formula is C28H29FN6O2. The fourth-order valence-electron chi connectivity index (χ4n) is 3.94. The first-order chi connectivity index (χ1) is 17.8. The highest BCUT2D eigenvalue weighted by Gasteiger charge is 2.22. The number of nitrogens with zero attached hydrogens (tertiary/aromatic N) is 3. The van der Waals surface area contributed by atoms with Crippen molar-refractivity contribution in [1.29, 1.82) is 5.41 Å². The number of aryl methyl sites for hydroxylation is 1. The Bertz CT molecular complexity index is 1330. The number of amides is 3. The molecular weight excluding hydrogens is 471 g/mol. The van der Waals surface area contributed by atoms with Crippen LogP contribution in [0.4, 0.5) is 26.4 Å². The van der Waals surface area contributed by atoms with Crippen LogP contribution in [-0.4, -0.2) is 53.7 Å². The summed E-state index contributed by atoms with van der Waals surface area (Å²) in [5, 5.41) is 13.4. The van der Waals surface area contributed by atoms with Crippen LogP contribution < -0.4 is 15.5 Å². The standard InChI is InChI=1S/C28H29FN6O2/c1-19-6-5-7-21(20(19)2)10-12-24(30)27(36)32-22-11-13-26(31-18-22)34-14-16-35(17-15-34)28(37)33-25-9-4-3-8-23(25)29/h3-13,18,30H,14-17H2,1-2H3,(H,32,36)(H,33,37)/b12-10-,30-24?. The van der Waals surface area contributed by atoms with Crippen molar-refractivity contribution >= 4 is 40.9 Å². The van der Waals surface area contributed by atoms with Gasteiger partial charge in [0.1, 0.15) is 17.3 Å². The molecule has 0 aliphatic carbocycles. The highest BCUT2D eigenvalue weighted by Crippen LogP contribution is 2.18. The van der Waals surface area contributed by atoms with Crippen molar-refractivity contribution in [2.45, 2.75) is 13.8 Å². The Labute approximate surface area is 215 Å². The largest absolute Gasteiger partial charge is 0.353 e. The van der Waals surface area contributed by atoms with Gasteiger partial charge in [0.2, 0.25) is 0 Å². The molecule has 8 nitrogen and oxygen atoms in total. The highest BCUT2D eigenvalue weighted by atomic mass is 19.1. The summed E-state index contributed by atoms with van der Waals surface area (Å²) in [6.45, 7) is 6.09. The van der Waals surface area contributed by atoms with Gasteiger partial charge in [0, 0.05) is 26.2 Å². The first-order valence-corrected chi connectivity index (χ1v) is 12.0. The van der Waals surface area contributed by atoms with Crippen LogP contribution in [0.5, 0.6) is 0 Å². The molecule has 9 heteroatoms. The number of para-hydroxylation sites is 1. The molecule has 0 radical (unpaired) electrons. The fourth-order valence-corrected chi connectivity index (χ4v) is 3.94. The number of benzene rings is 2. The molecule has 1 aromatic heterocycles. The van der Waals surface area contributed by atoms with E-state index in [0.717, 1.165) is 22.5 Å². The average Bonchev–Trinajstić information content (AvgIpc) is 2.91. The second-order valence-electron chi connectivity index (χ2n) is 8.78. The van der Waals surface area contributed by atoms with E-state index < -0.39 is 11.7 Å². The van der Waals surface area contributed by atoms with Gasteiger partial charge in [-0.1, -0.05) is 36.4 Å². The summed E-state index contributed by atoms with van der Waals surface area (Å²) in [4.78, 5) is 33.0. The minimum Gasteiger partial charge on any atom is -0.353 e. The Morgan fingerprint density at radius 3 is 2.43 bits per heavy atom. The lowest BCUT2D eigenvalue weighted by atomic mass is 10.0. The number of nitrogens with one attached hydrogen (secondary N) is 3. The molecule has 190 valence electrons. The lowest BCUT2D eigenvalue weighted by Gasteiger charge is -2.35. The summed E-state index contributed by atoms with van der Waals surface area (Å²) < 4.78 is 13.8. The number of carbonyl (C=O) groups excluding carboxylic acids is 2. The van der Waals surface area contributed by atoms with Gasteiger partial charge in [-0.25, -0.2) is 14.2 Å². The summed E-state index contributed by atoms with van der Waals surface area (Å²) in [5.74, 6) is -0.277. The van der Waals surface area contributed by atoms with Gasteiger partial charge in [0.05, 0.1) is 17.6 Å². The monoisotopic (exact) mass is 500 g/mol. The number of urea groups is 1. The third kappa shape index (κ3) is 6.38. The van der Waals surface area contributed by atoms with Crippen molar-refractivity contribution in [2.24, 2.45) is 0 Å². The SMILES string of the molecule is Cc1cccc(/C=C\C(=N)C(=O)Nc2ccc(N3CCN(C(=O)Nc4ccccc4F)CC3)nc2)c1C. The van der Waals surface area contributed by atoms with E-state index in [1.807, 2.05) is 36.9 Å². The number of carbonyl (C=O) groups is 2. The molecule has 0 atom stereocenters. The topological polar surface area (TPSA) is 101 Å². The van der Waals surface area contributed by atoms with Crippen molar-refractivity contribution in [3.8, 4) is 0 Å². The van der Waals surface area contributed by atoms with Crippen molar-refractivity contribution in [3.63, 3.8) is 0 Å². The van der Waals surface area contributed by atoms with Gasteiger partial charge < -0.3 is 20.4 Å². The normalized spacial score (nSPS) is 13.5.